The molecule has 0 bridgehead atoms. The molecular formula is C32H36N4O. The van der Waals surface area contributed by atoms with Gasteiger partial charge in [0.1, 0.15) is 18.2 Å². The third kappa shape index (κ3) is 5.42. The Morgan fingerprint density at radius 3 is 2.35 bits per heavy atom. The minimum absolute atomic E-state index is 0.359. The van der Waals surface area contributed by atoms with Crippen molar-refractivity contribution in [1.82, 2.24) is 14.7 Å². The number of benzene rings is 3. The van der Waals surface area contributed by atoms with Gasteiger partial charge >= 0.3 is 0 Å². The predicted octanol–water partition coefficient (Wildman–Crippen LogP) is 6.93. The Bertz CT molecular complexity index is 1280. The number of aromatic nitrogens is 2. The number of likely N-dealkylation sites (tertiary alicyclic amines) is 1. The fourth-order valence-corrected chi connectivity index (χ4v) is 5.72. The lowest BCUT2D eigenvalue weighted by molar-refractivity contribution is 0.136. The fourth-order valence-electron chi connectivity index (χ4n) is 5.72. The molecule has 1 saturated heterocycles. The number of ether oxygens (including phenoxy) is 1. The summed E-state index contributed by atoms with van der Waals surface area (Å²) in [6.07, 6.45) is 7.18. The minimum atomic E-state index is 0.359. The normalized spacial score (nSPS) is 18.0. The van der Waals surface area contributed by atoms with E-state index in [1.54, 1.807) is 0 Å². The molecule has 1 N–H and O–H groups in total. The molecule has 190 valence electrons. The van der Waals surface area contributed by atoms with E-state index < -0.39 is 0 Å². The Kier molecular flexibility index (Phi) is 7.22. The second kappa shape index (κ2) is 11.2. The third-order valence-electron chi connectivity index (χ3n) is 7.65. The van der Waals surface area contributed by atoms with Crippen LogP contribution in [0.4, 0.5) is 5.82 Å². The van der Waals surface area contributed by atoms with E-state index in [1.807, 2.05) is 18.2 Å². The average Bonchev–Trinajstić information content (AvgIpc) is 3.13. The molecule has 3 aromatic carbocycles. The Labute approximate surface area is 220 Å². The van der Waals surface area contributed by atoms with Gasteiger partial charge in [-0.2, -0.15) is 5.10 Å². The van der Waals surface area contributed by atoms with E-state index in [2.05, 4.69) is 81.6 Å². The van der Waals surface area contributed by atoms with Crippen LogP contribution in [-0.2, 0) is 19.6 Å². The smallest absolute Gasteiger partial charge is 0.133 e. The van der Waals surface area contributed by atoms with Crippen molar-refractivity contribution in [2.75, 3.05) is 18.4 Å². The monoisotopic (exact) mass is 492 g/mol. The van der Waals surface area contributed by atoms with Gasteiger partial charge in [-0.25, -0.2) is 4.68 Å². The van der Waals surface area contributed by atoms with E-state index in [-0.39, 0.29) is 0 Å². The molecule has 0 saturated carbocycles. The summed E-state index contributed by atoms with van der Waals surface area (Å²) in [5.74, 6) is 2.05. The molecule has 0 aliphatic carbocycles. The molecule has 0 radical (unpaired) electrons. The van der Waals surface area contributed by atoms with Crippen LogP contribution in [0.15, 0.2) is 84.9 Å². The highest BCUT2D eigenvalue weighted by molar-refractivity contribution is 5.55. The average molecular weight is 493 g/mol. The van der Waals surface area contributed by atoms with E-state index >= 15 is 0 Å². The summed E-state index contributed by atoms with van der Waals surface area (Å²) >= 11 is 0. The van der Waals surface area contributed by atoms with E-state index in [1.165, 1.54) is 60.3 Å². The highest BCUT2D eigenvalue weighted by Crippen LogP contribution is 2.38. The fraction of sp³-hybridized carbons (Fsp3) is 0.344. The van der Waals surface area contributed by atoms with Gasteiger partial charge in [0, 0.05) is 18.7 Å². The lowest BCUT2D eigenvalue weighted by Gasteiger charge is -2.35. The first-order valence-corrected chi connectivity index (χ1v) is 13.8. The number of piperidine rings is 1. The number of hydrogen-bond acceptors (Lipinski definition) is 4. The van der Waals surface area contributed by atoms with Crippen molar-refractivity contribution >= 4 is 5.82 Å². The van der Waals surface area contributed by atoms with E-state index in [4.69, 9.17) is 9.84 Å². The largest absolute Gasteiger partial charge is 0.489 e. The van der Waals surface area contributed by atoms with Gasteiger partial charge in [0.15, 0.2) is 0 Å². The molecule has 2 aliphatic heterocycles. The molecule has 1 atom stereocenters. The molecule has 1 unspecified atom stereocenters. The van der Waals surface area contributed by atoms with E-state index in [0.29, 0.717) is 12.6 Å². The van der Waals surface area contributed by atoms with Crippen LogP contribution in [0.25, 0.3) is 5.69 Å². The van der Waals surface area contributed by atoms with Gasteiger partial charge in [-0.05, 0) is 74.0 Å². The maximum Gasteiger partial charge on any atom is 0.133 e. The molecule has 5 nitrogen and oxygen atoms in total. The van der Waals surface area contributed by atoms with Gasteiger partial charge in [-0.15, -0.1) is 0 Å². The molecule has 6 rings (SSSR count). The Hall–Kier alpha value is -3.57. The quantitative estimate of drug-likeness (QED) is 0.304. The van der Waals surface area contributed by atoms with Crippen molar-refractivity contribution in [2.24, 2.45) is 0 Å². The van der Waals surface area contributed by atoms with Crippen LogP contribution in [-0.4, -0.2) is 27.8 Å². The van der Waals surface area contributed by atoms with Crippen LogP contribution in [0.2, 0.25) is 0 Å². The number of nitrogens with one attached hydrogen (secondary N) is 1. The summed E-state index contributed by atoms with van der Waals surface area (Å²) in [5, 5.41) is 9.04. The van der Waals surface area contributed by atoms with E-state index in [0.717, 1.165) is 37.5 Å². The summed E-state index contributed by atoms with van der Waals surface area (Å²) < 4.78 is 8.18. The zero-order valence-electron chi connectivity index (χ0n) is 21.5. The van der Waals surface area contributed by atoms with Crippen LogP contribution < -0.4 is 10.1 Å². The SMILES string of the molecule is c1ccc(COc2ccc(-n3nc(C4CCCCN4Cc4ccccc4)c4c3NCCCC4)cc2)cc1. The molecule has 0 spiro atoms. The van der Waals surface area contributed by atoms with Crippen molar-refractivity contribution in [3.63, 3.8) is 0 Å². The highest BCUT2D eigenvalue weighted by atomic mass is 16.5. The van der Waals surface area contributed by atoms with Gasteiger partial charge in [-0.1, -0.05) is 67.1 Å². The maximum absolute atomic E-state index is 6.03. The lowest BCUT2D eigenvalue weighted by atomic mass is 9.94. The second-order valence-corrected chi connectivity index (χ2v) is 10.2. The number of hydrogen-bond donors (Lipinski definition) is 1. The summed E-state index contributed by atoms with van der Waals surface area (Å²) in [6.45, 7) is 3.67. The first kappa shape index (κ1) is 23.8. The van der Waals surface area contributed by atoms with Crippen LogP contribution in [0.3, 0.4) is 0 Å². The van der Waals surface area contributed by atoms with Gasteiger partial charge in [-0.3, -0.25) is 4.90 Å². The van der Waals surface area contributed by atoms with Crippen molar-refractivity contribution in [3.8, 4) is 11.4 Å². The van der Waals surface area contributed by atoms with Crippen LogP contribution >= 0.6 is 0 Å². The number of nitrogens with zero attached hydrogens (tertiary/aromatic N) is 3. The summed E-state index contributed by atoms with van der Waals surface area (Å²) in [4.78, 5) is 2.65. The topological polar surface area (TPSA) is 42.3 Å². The molecule has 37 heavy (non-hydrogen) atoms. The first-order chi connectivity index (χ1) is 18.3. The van der Waals surface area contributed by atoms with Crippen molar-refractivity contribution in [1.29, 1.82) is 0 Å². The molecular weight excluding hydrogens is 456 g/mol. The van der Waals surface area contributed by atoms with Crippen molar-refractivity contribution < 1.29 is 4.74 Å². The van der Waals surface area contributed by atoms with E-state index in [9.17, 15) is 0 Å². The van der Waals surface area contributed by atoms with Crippen molar-refractivity contribution in [3.05, 3.63) is 107 Å². The number of fused-ring (bicyclic) bond motifs is 1. The summed E-state index contributed by atoms with van der Waals surface area (Å²) in [5.41, 5.74) is 6.31. The Morgan fingerprint density at radius 1 is 0.811 bits per heavy atom. The summed E-state index contributed by atoms with van der Waals surface area (Å²) in [6, 6.07) is 29.9. The van der Waals surface area contributed by atoms with Crippen molar-refractivity contribution in [2.45, 2.75) is 57.7 Å². The molecule has 5 heteroatoms. The maximum atomic E-state index is 6.03. The lowest BCUT2D eigenvalue weighted by Crippen LogP contribution is -2.33. The van der Waals surface area contributed by atoms with Crippen LogP contribution in [0.1, 0.15) is 60.5 Å². The van der Waals surface area contributed by atoms with Crippen LogP contribution in [0, 0.1) is 0 Å². The minimum Gasteiger partial charge on any atom is -0.489 e. The number of rotatable bonds is 7. The first-order valence-electron chi connectivity index (χ1n) is 13.8. The van der Waals surface area contributed by atoms with Gasteiger partial charge < -0.3 is 10.1 Å². The number of anilines is 1. The van der Waals surface area contributed by atoms with Gasteiger partial charge in [0.25, 0.3) is 0 Å². The molecule has 0 amide bonds. The molecule has 3 heterocycles. The molecule has 4 aromatic rings. The Balaban J connectivity index is 1.28. The van der Waals surface area contributed by atoms with Gasteiger partial charge in [0.2, 0.25) is 0 Å². The van der Waals surface area contributed by atoms with Crippen LogP contribution in [0.5, 0.6) is 5.75 Å². The molecule has 1 aromatic heterocycles. The standard InChI is InChI=1S/C32H36N4O/c1-3-11-25(12-4-1)23-35-22-10-8-16-30(35)31-29-15-7-9-21-33-32(29)36(34-31)27-17-19-28(20-18-27)37-24-26-13-5-2-6-14-26/h1-6,11-14,17-20,30,33H,7-10,15-16,21-24H2. The summed E-state index contributed by atoms with van der Waals surface area (Å²) in [7, 11) is 0. The Morgan fingerprint density at radius 2 is 1.57 bits per heavy atom. The van der Waals surface area contributed by atoms with Gasteiger partial charge in [0.05, 0.1) is 17.4 Å². The zero-order valence-corrected chi connectivity index (χ0v) is 21.5. The predicted molar refractivity (Wildman–Crippen MR) is 149 cm³/mol. The highest BCUT2D eigenvalue weighted by Gasteiger charge is 2.31. The zero-order chi connectivity index (χ0) is 24.9. The molecule has 1 fully saturated rings. The molecule has 2 aliphatic rings. The second-order valence-electron chi connectivity index (χ2n) is 10.2. The third-order valence-corrected chi connectivity index (χ3v) is 7.65.